The number of aromatic nitrogens is 2. The van der Waals surface area contributed by atoms with Crippen molar-refractivity contribution in [2.45, 2.75) is 52.1 Å². The fourth-order valence-corrected chi connectivity index (χ4v) is 2.64. The van der Waals surface area contributed by atoms with Gasteiger partial charge in [-0.05, 0) is 38.2 Å². The Kier molecular flexibility index (Phi) is 4.78. The summed E-state index contributed by atoms with van der Waals surface area (Å²) >= 11 is 0. The molecule has 18 heavy (non-hydrogen) atoms. The first-order valence-electron chi connectivity index (χ1n) is 7.13. The molecular formula is C14H25N3O. The zero-order chi connectivity index (χ0) is 13.0. The van der Waals surface area contributed by atoms with Crippen LogP contribution in [0.1, 0.15) is 38.1 Å². The first-order chi connectivity index (χ1) is 8.74. The minimum absolute atomic E-state index is 0.192. The standard InChI is InChI=1S/C14H25N3O/c1-3-12-8-13(17(4-2)16-12)9-14(15)11-6-5-7-18-10-11/h8,11,14H,3-7,9-10,15H2,1-2H3. The highest BCUT2D eigenvalue weighted by Crippen LogP contribution is 2.19. The SMILES string of the molecule is CCc1cc(CC(N)C2CCCOC2)n(CC)n1. The normalized spacial score (nSPS) is 22.1. The molecular weight excluding hydrogens is 226 g/mol. The molecule has 1 aliphatic heterocycles. The molecule has 1 aromatic rings. The number of rotatable bonds is 5. The smallest absolute Gasteiger partial charge is 0.0624 e. The molecule has 0 radical (unpaired) electrons. The molecule has 2 rings (SSSR count). The summed E-state index contributed by atoms with van der Waals surface area (Å²) < 4.78 is 7.61. The number of hydrogen-bond donors (Lipinski definition) is 1. The van der Waals surface area contributed by atoms with Gasteiger partial charge in [0.05, 0.1) is 12.3 Å². The van der Waals surface area contributed by atoms with E-state index in [-0.39, 0.29) is 6.04 Å². The maximum atomic E-state index is 6.33. The Labute approximate surface area is 110 Å². The molecule has 0 aliphatic carbocycles. The number of nitrogens with two attached hydrogens (primary N) is 1. The van der Waals surface area contributed by atoms with Crippen LogP contribution in [0, 0.1) is 5.92 Å². The minimum Gasteiger partial charge on any atom is -0.381 e. The van der Waals surface area contributed by atoms with E-state index < -0.39 is 0 Å². The molecule has 4 heteroatoms. The van der Waals surface area contributed by atoms with Gasteiger partial charge in [0.2, 0.25) is 0 Å². The van der Waals surface area contributed by atoms with Crippen molar-refractivity contribution in [3.05, 3.63) is 17.5 Å². The molecule has 1 aromatic heterocycles. The van der Waals surface area contributed by atoms with Crippen molar-refractivity contribution < 1.29 is 4.74 Å². The predicted octanol–water partition coefficient (Wildman–Crippen LogP) is 1.76. The Balaban J connectivity index is 2.00. The van der Waals surface area contributed by atoms with Crippen molar-refractivity contribution in [2.75, 3.05) is 13.2 Å². The Morgan fingerprint density at radius 1 is 1.56 bits per heavy atom. The molecule has 2 unspecified atom stereocenters. The summed E-state index contributed by atoms with van der Waals surface area (Å²) in [6.45, 7) is 6.91. The molecule has 2 atom stereocenters. The lowest BCUT2D eigenvalue weighted by atomic mass is 9.91. The molecule has 0 spiro atoms. The number of aryl methyl sites for hydroxylation is 2. The summed E-state index contributed by atoms with van der Waals surface area (Å²) in [6.07, 6.45) is 4.24. The third kappa shape index (κ3) is 3.12. The van der Waals surface area contributed by atoms with Gasteiger partial charge in [0, 0.05) is 31.3 Å². The fourth-order valence-electron chi connectivity index (χ4n) is 2.64. The van der Waals surface area contributed by atoms with Crippen LogP contribution in [0.15, 0.2) is 6.07 Å². The Morgan fingerprint density at radius 3 is 3.00 bits per heavy atom. The molecule has 2 heterocycles. The van der Waals surface area contributed by atoms with Gasteiger partial charge in [-0.3, -0.25) is 4.68 Å². The molecule has 1 saturated heterocycles. The molecule has 0 bridgehead atoms. The van der Waals surface area contributed by atoms with Gasteiger partial charge in [-0.25, -0.2) is 0 Å². The summed E-state index contributed by atoms with van der Waals surface area (Å²) in [5.41, 5.74) is 8.77. The maximum Gasteiger partial charge on any atom is 0.0624 e. The Hall–Kier alpha value is -0.870. The van der Waals surface area contributed by atoms with E-state index in [0.29, 0.717) is 5.92 Å². The second-order valence-corrected chi connectivity index (χ2v) is 5.14. The van der Waals surface area contributed by atoms with Gasteiger partial charge in [0.25, 0.3) is 0 Å². The van der Waals surface area contributed by atoms with Crippen molar-refractivity contribution in [1.82, 2.24) is 9.78 Å². The van der Waals surface area contributed by atoms with E-state index in [1.807, 2.05) is 0 Å². The van der Waals surface area contributed by atoms with Crippen LogP contribution in [0.5, 0.6) is 0 Å². The van der Waals surface area contributed by atoms with Crippen LogP contribution in [0.25, 0.3) is 0 Å². The van der Waals surface area contributed by atoms with Gasteiger partial charge < -0.3 is 10.5 Å². The number of nitrogens with zero attached hydrogens (tertiary/aromatic N) is 2. The largest absolute Gasteiger partial charge is 0.381 e. The lowest BCUT2D eigenvalue weighted by molar-refractivity contribution is 0.0447. The minimum atomic E-state index is 0.192. The molecule has 2 N–H and O–H groups in total. The lowest BCUT2D eigenvalue weighted by Gasteiger charge is -2.27. The van der Waals surface area contributed by atoms with Crippen LogP contribution in [0.3, 0.4) is 0 Å². The summed E-state index contributed by atoms with van der Waals surface area (Å²) in [5, 5.41) is 4.58. The molecule has 0 amide bonds. The van der Waals surface area contributed by atoms with Gasteiger partial charge in [-0.1, -0.05) is 6.92 Å². The highest BCUT2D eigenvalue weighted by molar-refractivity contribution is 5.12. The van der Waals surface area contributed by atoms with E-state index >= 15 is 0 Å². The molecule has 0 saturated carbocycles. The van der Waals surface area contributed by atoms with Crippen LogP contribution in [0.2, 0.25) is 0 Å². The van der Waals surface area contributed by atoms with E-state index in [1.54, 1.807) is 0 Å². The number of ether oxygens (including phenoxy) is 1. The second kappa shape index (κ2) is 6.34. The van der Waals surface area contributed by atoms with E-state index in [4.69, 9.17) is 10.5 Å². The summed E-state index contributed by atoms with van der Waals surface area (Å²) in [5.74, 6) is 0.504. The Morgan fingerprint density at radius 2 is 2.39 bits per heavy atom. The van der Waals surface area contributed by atoms with E-state index in [9.17, 15) is 0 Å². The summed E-state index contributed by atoms with van der Waals surface area (Å²) in [4.78, 5) is 0. The second-order valence-electron chi connectivity index (χ2n) is 5.14. The van der Waals surface area contributed by atoms with Gasteiger partial charge >= 0.3 is 0 Å². The van der Waals surface area contributed by atoms with Gasteiger partial charge in [0.1, 0.15) is 0 Å². The Bertz CT molecular complexity index is 369. The lowest BCUT2D eigenvalue weighted by Crippen LogP contribution is -2.37. The fraction of sp³-hybridized carbons (Fsp3) is 0.786. The third-order valence-electron chi connectivity index (χ3n) is 3.82. The molecule has 0 aromatic carbocycles. The van der Waals surface area contributed by atoms with Gasteiger partial charge in [-0.15, -0.1) is 0 Å². The average Bonchev–Trinajstić information content (AvgIpc) is 2.82. The number of hydrogen-bond acceptors (Lipinski definition) is 3. The zero-order valence-corrected chi connectivity index (χ0v) is 11.6. The molecule has 102 valence electrons. The molecule has 1 aliphatic rings. The van der Waals surface area contributed by atoms with Gasteiger partial charge in [0.15, 0.2) is 0 Å². The highest BCUT2D eigenvalue weighted by Gasteiger charge is 2.22. The quantitative estimate of drug-likeness (QED) is 0.867. The van der Waals surface area contributed by atoms with Crippen LogP contribution in [-0.4, -0.2) is 29.0 Å². The van der Waals surface area contributed by atoms with E-state index in [2.05, 4.69) is 29.7 Å². The third-order valence-corrected chi connectivity index (χ3v) is 3.82. The van der Waals surface area contributed by atoms with Crippen LogP contribution >= 0.6 is 0 Å². The van der Waals surface area contributed by atoms with Crippen LogP contribution in [-0.2, 0) is 24.1 Å². The van der Waals surface area contributed by atoms with Gasteiger partial charge in [-0.2, -0.15) is 5.10 Å². The zero-order valence-electron chi connectivity index (χ0n) is 11.6. The van der Waals surface area contributed by atoms with Crippen LogP contribution < -0.4 is 5.73 Å². The first kappa shape index (κ1) is 13.6. The molecule has 1 fully saturated rings. The topological polar surface area (TPSA) is 53.1 Å². The summed E-state index contributed by atoms with van der Waals surface area (Å²) in [7, 11) is 0. The summed E-state index contributed by atoms with van der Waals surface area (Å²) in [6, 6.07) is 2.39. The van der Waals surface area contributed by atoms with E-state index in [1.165, 1.54) is 17.8 Å². The van der Waals surface area contributed by atoms with Crippen molar-refractivity contribution in [3.63, 3.8) is 0 Å². The average molecular weight is 251 g/mol. The molecule has 4 nitrogen and oxygen atoms in total. The predicted molar refractivity (Wildman–Crippen MR) is 72.5 cm³/mol. The van der Waals surface area contributed by atoms with Crippen molar-refractivity contribution in [1.29, 1.82) is 0 Å². The maximum absolute atomic E-state index is 6.33. The van der Waals surface area contributed by atoms with E-state index in [0.717, 1.165) is 39.0 Å². The highest BCUT2D eigenvalue weighted by atomic mass is 16.5. The van der Waals surface area contributed by atoms with Crippen molar-refractivity contribution in [2.24, 2.45) is 11.7 Å². The van der Waals surface area contributed by atoms with Crippen molar-refractivity contribution in [3.8, 4) is 0 Å². The first-order valence-corrected chi connectivity index (χ1v) is 7.13. The monoisotopic (exact) mass is 251 g/mol. The van der Waals surface area contributed by atoms with Crippen LogP contribution in [0.4, 0.5) is 0 Å². The van der Waals surface area contributed by atoms with Crippen molar-refractivity contribution >= 4 is 0 Å².